The molecule has 1 aromatic rings. The van der Waals surface area contributed by atoms with E-state index in [-0.39, 0.29) is 17.5 Å². The fourth-order valence-corrected chi connectivity index (χ4v) is 2.40. The van der Waals surface area contributed by atoms with Crippen LogP contribution in [0.25, 0.3) is 0 Å². The van der Waals surface area contributed by atoms with E-state index >= 15 is 0 Å². The summed E-state index contributed by atoms with van der Waals surface area (Å²) in [4.78, 5) is 0. The minimum atomic E-state index is -3.58. The monoisotopic (exact) mass is 281 g/mol. The highest BCUT2D eigenvalue weighted by atomic mass is 35.5. The van der Waals surface area contributed by atoms with E-state index in [2.05, 4.69) is 0 Å². The number of hydrogen-bond donors (Lipinski definition) is 0. The summed E-state index contributed by atoms with van der Waals surface area (Å²) in [5.74, 6) is 0.585. The Hall–Kier alpha value is -0.560. The number of likely N-dealkylation sites (N-methyl/N-ethyl adjacent to an activating group) is 1. The molecule has 0 aliphatic heterocycles. The van der Waals surface area contributed by atoms with Gasteiger partial charge in [0.2, 0.25) is 5.09 Å². The molecule has 0 saturated heterocycles. The number of halogens is 1. The molecular formula is C10H16ClNO4S. The molecule has 0 amide bonds. The molecule has 17 heavy (non-hydrogen) atoms. The number of ether oxygens (including phenoxy) is 1. The van der Waals surface area contributed by atoms with Crippen molar-refractivity contribution in [2.24, 2.45) is 0 Å². The van der Waals surface area contributed by atoms with Crippen LogP contribution in [0.15, 0.2) is 21.6 Å². The third kappa shape index (κ3) is 3.70. The van der Waals surface area contributed by atoms with E-state index in [9.17, 15) is 8.42 Å². The highest BCUT2D eigenvalue weighted by Crippen LogP contribution is 2.18. The molecule has 0 aliphatic rings. The van der Waals surface area contributed by atoms with Crippen LogP contribution in [0.5, 0.6) is 0 Å². The standard InChI is InChI=1S/C10H16ClNO4S/c1-3-15-7-6-12(2)17(13,14)10-5-4-9(8-11)16-10/h4-5H,3,6-8H2,1-2H3. The molecule has 0 aliphatic carbocycles. The van der Waals surface area contributed by atoms with Gasteiger partial charge in [0.05, 0.1) is 12.5 Å². The van der Waals surface area contributed by atoms with E-state index in [1.165, 1.54) is 17.4 Å². The smallest absolute Gasteiger partial charge is 0.276 e. The Bertz CT molecular complexity index is 443. The number of rotatable bonds is 7. The molecule has 1 rings (SSSR count). The van der Waals surface area contributed by atoms with Crippen molar-refractivity contribution in [1.29, 1.82) is 0 Å². The van der Waals surface area contributed by atoms with Crippen LogP contribution in [0.3, 0.4) is 0 Å². The highest BCUT2D eigenvalue weighted by molar-refractivity contribution is 7.89. The van der Waals surface area contributed by atoms with Gasteiger partial charge < -0.3 is 9.15 Å². The second-order valence-corrected chi connectivity index (χ2v) is 5.62. The molecule has 0 bridgehead atoms. The van der Waals surface area contributed by atoms with Crippen LogP contribution in [-0.4, -0.2) is 39.5 Å². The highest BCUT2D eigenvalue weighted by Gasteiger charge is 2.24. The van der Waals surface area contributed by atoms with Crippen molar-refractivity contribution < 1.29 is 17.6 Å². The molecule has 0 spiro atoms. The van der Waals surface area contributed by atoms with Crippen LogP contribution in [0.4, 0.5) is 0 Å². The molecule has 98 valence electrons. The first-order chi connectivity index (χ1) is 8.02. The van der Waals surface area contributed by atoms with Crippen molar-refractivity contribution >= 4 is 21.6 Å². The average Bonchev–Trinajstić information content (AvgIpc) is 2.78. The van der Waals surface area contributed by atoms with Crippen molar-refractivity contribution in [3.63, 3.8) is 0 Å². The van der Waals surface area contributed by atoms with Crippen molar-refractivity contribution in [3.8, 4) is 0 Å². The maximum atomic E-state index is 12.0. The van der Waals surface area contributed by atoms with E-state index in [0.717, 1.165) is 0 Å². The molecule has 0 unspecified atom stereocenters. The Labute approximate surface area is 106 Å². The first kappa shape index (κ1) is 14.5. The Morgan fingerprint density at radius 2 is 2.18 bits per heavy atom. The van der Waals surface area contributed by atoms with Crippen molar-refractivity contribution in [2.45, 2.75) is 17.9 Å². The lowest BCUT2D eigenvalue weighted by atomic mass is 10.5. The third-order valence-electron chi connectivity index (χ3n) is 2.19. The van der Waals surface area contributed by atoms with E-state index in [1.807, 2.05) is 6.92 Å². The van der Waals surface area contributed by atoms with E-state index < -0.39 is 10.0 Å². The summed E-state index contributed by atoms with van der Waals surface area (Å²) in [6.07, 6.45) is 0. The van der Waals surface area contributed by atoms with E-state index in [1.54, 1.807) is 6.07 Å². The second-order valence-electron chi connectivity index (χ2n) is 3.38. The van der Waals surface area contributed by atoms with E-state index in [4.69, 9.17) is 20.8 Å². The largest absolute Gasteiger partial charge is 0.447 e. The van der Waals surface area contributed by atoms with Crippen molar-refractivity contribution in [3.05, 3.63) is 17.9 Å². The zero-order valence-electron chi connectivity index (χ0n) is 9.85. The SMILES string of the molecule is CCOCCN(C)S(=O)(=O)c1ccc(CCl)o1. The maximum Gasteiger partial charge on any atom is 0.276 e. The molecular weight excluding hydrogens is 266 g/mol. The number of sulfonamides is 1. The summed E-state index contributed by atoms with van der Waals surface area (Å²) in [5, 5.41) is -0.0906. The van der Waals surface area contributed by atoms with Gasteiger partial charge in [-0.3, -0.25) is 0 Å². The number of alkyl halides is 1. The summed E-state index contributed by atoms with van der Waals surface area (Å²) >= 11 is 5.55. The molecule has 0 saturated carbocycles. The van der Waals surface area contributed by atoms with Gasteiger partial charge in [0.25, 0.3) is 10.0 Å². The lowest BCUT2D eigenvalue weighted by Crippen LogP contribution is -2.30. The van der Waals surface area contributed by atoms with Crippen LogP contribution >= 0.6 is 11.6 Å². The number of furan rings is 1. The molecule has 0 radical (unpaired) electrons. The summed E-state index contributed by atoms with van der Waals surface area (Å²) < 4.78 is 35.4. The van der Waals surface area contributed by atoms with Crippen LogP contribution in [0, 0.1) is 0 Å². The fraction of sp³-hybridized carbons (Fsp3) is 0.600. The van der Waals surface area contributed by atoms with Gasteiger partial charge in [-0.1, -0.05) is 0 Å². The molecule has 0 fully saturated rings. The first-order valence-corrected chi connectivity index (χ1v) is 7.18. The van der Waals surface area contributed by atoms with Crippen LogP contribution in [-0.2, 0) is 20.6 Å². The molecule has 0 atom stereocenters. The first-order valence-electron chi connectivity index (χ1n) is 5.21. The van der Waals surface area contributed by atoms with Gasteiger partial charge in [-0.2, -0.15) is 4.31 Å². The zero-order valence-corrected chi connectivity index (χ0v) is 11.4. The van der Waals surface area contributed by atoms with Gasteiger partial charge in [-0.05, 0) is 19.1 Å². The lowest BCUT2D eigenvalue weighted by molar-refractivity contribution is 0.138. The molecule has 1 aromatic heterocycles. The molecule has 5 nitrogen and oxygen atoms in total. The third-order valence-corrected chi connectivity index (χ3v) is 4.18. The Morgan fingerprint density at radius 1 is 1.47 bits per heavy atom. The van der Waals surface area contributed by atoms with Crippen LogP contribution in [0.2, 0.25) is 0 Å². The maximum absolute atomic E-state index is 12.0. The van der Waals surface area contributed by atoms with Crippen LogP contribution in [0.1, 0.15) is 12.7 Å². The Morgan fingerprint density at radius 3 is 2.71 bits per heavy atom. The summed E-state index contributed by atoms with van der Waals surface area (Å²) in [6, 6.07) is 2.96. The summed E-state index contributed by atoms with van der Waals surface area (Å²) in [5.41, 5.74) is 0. The van der Waals surface area contributed by atoms with Crippen LogP contribution < -0.4 is 0 Å². The predicted molar refractivity (Wildman–Crippen MR) is 64.6 cm³/mol. The van der Waals surface area contributed by atoms with Gasteiger partial charge >= 0.3 is 0 Å². The summed E-state index contributed by atoms with van der Waals surface area (Å²) in [7, 11) is -2.10. The van der Waals surface area contributed by atoms with Crippen molar-refractivity contribution in [1.82, 2.24) is 4.31 Å². The van der Waals surface area contributed by atoms with Crippen molar-refractivity contribution in [2.75, 3.05) is 26.8 Å². The summed E-state index contributed by atoms with van der Waals surface area (Å²) in [6.45, 7) is 3.06. The molecule has 0 N–H and O–H groups in total. The Balaban J connectivity index is 2.73. The molecule has 0 aromatic carbocycles. The zero-order chi connectivity index (χ0) is 12.9. The number of nitrogens with zero attached hydrogens (tertiary/aromatic N) is 1. The van der Waals surface area contributed by atoms with Gasteiger partial charge in [0, 0.05) is 20.2 Å². The second kappa shape index (κ2) is 6.39. The normalized spacial score (nSPS) is 12.2. The fourth-order valence-electron chi connectivity index (χ4n) is 1.18. The van der Waals surface area contributed by atoms with Gasteiger partial charge in [0.15, 0.2) is 0 Å². The topological polar surface area (TPSA) is 59.8 Å². The predicted octanol–water partition coefficient (Wildman–Crippen LogP) is 1.68. The average molecular weight is 282 g/mol. The quantitative estimate of drug-likeness (QED) is 0.563. The Kier molecular flexibility index (Phi) is 5.45. The van der Waals surface area contributed by atoms with Gasteiger partial charge in [0.1, 0.15) is 5.76 Å². The lowest BCUT2D eigenvalue weighted by Gasteiger charge is -2.14. The van der Waals surface area contributed by atoms with Gasteiger partial charge in [-0.15, -0.1) is 11.6 Å². The van der Waals surface area contributed by atoms with Gasteiger partial charge in [-0.25, -0.2) is 8.42 Å². The molecule has 7 heteroatoms. The minimum Gasteiger partial charge on any atom is -0.447 e. The number of hydrogen-bond acceptors (Lipinski definition) is 4. The molecule has 1 heterocycles. The minimum absolute atomic E-state index is 0.0906. The van der Waals surface area contributed by atoms with E-state index in [0.29, 0.717) is 19.0 Å².